The molecule has 0 unspecified atom stereocenters. The number of nitrogens with one attached hydrogen (secondary N) is 1. The molecule has 0 saturated carbocycles. The third kappa shape index (κ3) is 1.92. The first-order chi connectivity index (χ1) is 5.20. The van der Waals surface area contributed by atoms with Gasteiger partial charge < -0.3 is 10.2 Å². The molecule has 1 heterocycles. The van der Waals surface area contributed by atoms with Crippen LogP contribution in [0.15, 0.2) is 17.4 Å². The standard InChI is InChI=1S/C5H8N4O2/c1-8-4-6-3-2-5(8)7-9(10)11/h2-3,6H,4H2,1H3/b7-5+. The topological polar surface area (TPSA) is 70.8 Å². The van der Waals surface area contributed by atoms with Crippen LogP contribution in [0.2, 0.25) is 0 Å². The van der Waals surface area contributed by atoms with E-state index >= 15 is 0 Å². The number of nitro groups is 1. The Labute approximate surface area is 63.3 Å². The molecule has 6 nitrogen and oxygen atoms in total. The van der Waals surface area contributed by atoms with Crippen molar-refractivity contribution in [3.05, 3.63) is 22.4 Å². The van der Waals surface area contributed by atoms with Crippen molar-refractivity contribution in [1.29, 1.82) is 0 Å². The Kier molecular flexibility index (Phi) is 2.05. The minimum atomic E-state index is -0.707. The SMILES string of the molecule is CN1CNC=C/C1=N\[N+](=O)[O-]. The number of hydrogen-bond donors (Lipinski definition) is 1. The molecule has 0 saturated heterocycles. The Morgan fingerprint density at radius 1 is 1.91 bits per heavy atom. The molecule has 0 amide bonds. The molecular formula is C5H8N4O2. The molecule has 0 bridgehead atoms. The van der Waals surface area contributed by atoms with Crippen molar-refractivity contribution in [3.63, 3.8) is 0 Å². The predicted molar refractivity (Wildman–Crippen MR) is 39.3 cm³/mol. The summed E-state index contributed by atoms with van der Waals surface area (Å²) in [5, 5.41) is 15.3. The summed E-state index contributed by atoms with van der Waals surface area (Å²) in [4.78, 5) is 11.6. The molecule has 1 N–H and O–H groups in total. The second-order valence-corrected chi connectivity index (χ2v) is 2.09. The van der Waals surface area contributed by atoms with Crippen molar-refractivity contribution in [2.45, 2.75) is 0 Å². The van der Waals surface area contributed by atoms with Gasteiger partial charge in [0.25, 0.3) is 0 Å². The summed E-state index contributed by atoms with van der Waals surface area (Å²) in [5.74, 6) is 0.355. The monoisotopic (exact) mass is 156 g/mol. The van der Waals surface area contributed by atoms with Crippen LogP contribution in [0.1, 0.15) is 0 Å². The summed E-state index contributed by atoms with van der Waals surface area (Å²) in [6.45, 7) is 0.545. The van der Waals surface area contributed by atoms with Gasteiger partial charge in [0.1, 0.15) is 0 Å². The van der Waals surface area contributed by atoms with Gasteiger partial charge in [-0.05, 0) is 0 Å². The Balaban J connectivity index is 2.76. The normalized spacial score (nSPS) is 20.1. The summed E-state index contributed by atoms with van der Waals surface area (Å²) in [5.41, 5.74) is 0. The van der Waals surface area contributed by atoms with Gasteiger partial charge in [-0.2, -0.15) is 0 Å². The average molecular weight is 156 g/mol. The number of nitrogens with zero attached hydrogens (tertiary/aromatic N) is 3. The zero-order valence-corrected chi connectivity index (χ0v) is 6.02. The molecule has 1 aliphatic heterocycles. The summed E-state index contributed by atoms with van der Waals surface area (Å²) in [6, 6.07) is 0. The summed E-state index contributed by atoms with van der Waals surface area (Å²) in [7, 11) is 1.72. The van der Waals surface area contributed by atoms with Gasteiger partial charge in [0.05, 0.1) is 11.8 Å². The Morgan fingerprint density at radius 2 is 2.64 bits per heavy atom. The van der Waals surface area contributed by atoms with E-state index in [-0.39, 0.29) is 0 Å². The molecule has 0 fully saturated rings. The molecule has 11 heavy (non-hydrogen) atoms. The second-order valence-electron chi connectivity index (χ2n) is 2.09. The fourth-order valence-electron chi connectivity index (χ4n) is 0.725. The van der Waals surface area contributed by atoms with E-state index in [1.807, 2.05) is 0 Å². The maximum Gasteiger partial charge on any atom is 0.205 e. The molecule has 6 heteroatoms. The lowest BCUT2D eigenvalue weighted by atomic mass is 10.4. The van der Waals surface area contributed by atoms with E-state index in [1.165, 1.54) is 0 Å². The molecule has 0 spiro atoms. The van der Waals surface area contributed by atoms with Crippen molar-refractivity contribution in [1.82, 2.24) is 10.2 Å². The van der Waals surface area contributed by atoms with Crippen molar-refractivity contribution >= 4 is 5.84 Å². The third-order valence-corrected chi connectivity index (χ3v) is 1.25. The highest BCUT2D eigenvalue weighted by Gasteiger charge is 2.09. The van der Waals surface area contributed by atoms with Gasteiger partial charge in [0, 0.05) is 19.3 Å². The van der Waals surface area contributed by atoms with E-state index in [9.17, 15) is 10.1 Å². The van der Waals surface area contributed by atoms with Gasteiger partial charge in [-0.1, -0.05) is 0 Å². The van der Waals surface area contributed by atoms with E-state index in [0.717, 1.165) is 0 Å². The molecule has 1 rings (SSSR count). The molecule has 0 radical (unpaired) electrons. The van der Waals surface area contributed by atoms with Crippen LogP contribution in [0, 0.1) is 10.1 Å². The van der Waals surface area contributed by atoms with E-state index in [2.05, 4.69) is 10.4 Å². The van der Waals surface area contributed by atoms with Crippen molar-refractivity contribution < 1.29 is 5.03 Å². The van der Waals surface area contributed by atoms with Crippen LogP contribution in [0.4, 0.5) is 0 Å². The van der Waals surface area contributed by atoms with Gasteiger partial charge in [-0.25, -0.2) is 10.1 Å². The second kappa shape index (κ2) is 3.00. The molecule has 0 aliphatic carbocycles. The number of amidine groups is 1. The highest BCUT2D eigenvalue weighted by molar-refractivity contribution is 5.92. The zero-order valence-electron chi connectivity index (χ0n) is 6.02. The van der Waals surface area contributed by atoms with Crippen LogP contribution in [-0.4, -0.2) is 29.5 Å². The molecule has 0 aromatic carbocycles. The van der Waals surface area contributed by atoms with Gasteiger partial charge >= 0.3 is 0 Å². The lowest BCUT2D eigenvalue weighted by Crippen LogP contribution is -2.37. The number of rotatable bonds is 1. The summed E-state index contributed by atoms with van der Waals surface area (Å²) >= 11 is 0. The average Bonchev–Trinajstić information content (AvgIpc) is 1.93. The first-order valence-electron chi connectivity index (χ1n) is 3.04. The third-order valence-electron chi connectivity index (χ3n) is 1.25. The van der Waals surface area contributed by atoms with Crippen LogP contribution in [0.25, 0.3) is 0 Å². The van der Waals surface area contributed by atoms with Gasteiger partial charge in [0.15, 0.2) is 5.03 Å². The fraction of sp³-hybridized carbons (Fsp3) is 0.400. The van der Waals surface area contributed by atoms with Crippen LogP contribution < -0.4 is 5.32 Å². The van der Waals surface area contributed by atoms with Crippen molar-refractivity contribution in [2.75, 3.05) is 13.7 Å². The van der Waals surface area contributed by atoms with Crippen molar-refractivity contribution in [3.8, 4) is 0 Å². The zero-order chi connectivity index (χ0) is 8.27. The highest BCUT2D eigenvalue weighted by atomic mass is 16.7. The van der Waals surface area contributed by atoms with Crippen molar-refractivity contribution in [2.24, 2.45) is 5.10 Å². The van der Waals surface area contributed by atoms with E-state index in [4.69, 9.17) is 0 Å². The fourth-order valence-corrected chi connectivity index (χ4v) is 0.725. The molecule has 1 aliphatic rings. The van der Waals surface area contributed by atoms with Gasteiger partial charge in [-0.15, -0.1) is 0 Å². The molecule has 0 aromatic heterocycles. The lowest BCUT2D eigenvalue weighted by Gasteiger charge is -2.19. The van der Waals surface area contributed by atoms with E-state index < -0.39 is 5.03 Å². The van der Waals surface area contributed by atoms with Gasteiger partial charge in [-0.3, -0.25) is 0 Å². The quantitative estimate of drug-likeness (QED) is 0.413. The molecular weight excluding hydrogens is 148 g/mol. The maximum atomic E-state index is 9.95. The van der Waals surface area contributed by atoms with Crippen LogP contribution in [0.3, 0.4) is 0 Å². The predicted octanol–water partition coefficient (Wildman–Crippen LogP) is -0.417. The van der Waals surface area contributed by atoms with Crippen LogP contribution in [0.5, 0.6) is 0 Å². The first kappa shape index (κ1) is 7.52. The molecule has 60 valence electrons. The Bertz CT molecular complexity index is 223. The first-order valence-corrected chi connectivity index (χ1v) is 3.04. The molecule has 0 atom stereocenters. The molecule has 0 aromatic rings. The number of likely N-dealkylation sites (N-methyl/N-ethyl adjacent to an activating group) is 1. The van der Waals surface area contributed by atoms with E-state index in [1.54, 1.807) is 24.2 Å². The number of hydrogen-bond acceptors (Lipinski definition) is 3. The highest BCUT2D eigenvalue weighted by Crippen LogP contribution is 1.93. The van der Waals surface area contributed by atoms with Gasteiger partial charge in [0.2, 0.25) is 5.84 Å². The smallest absolute Gasteiger partial charge is 0.205 e. The largest absolute Gasteiger partial charge is 0.374 e. The maximum absolute atomic E-state index is 9.95. The number of hydrazone groups is 1. The minimum absolute atomic E-state index is 0.355. The van der Waals surface area contributed by atoms with E-state index in [0.29, 0.717) is 12.5 Å². The summed E-state index contributed by atoms with van der Waals surface area (Å²) in [6.07, 6.45) is 3.18. The van der Waals surface area contributed by atoms with Crippen LogP contribution in [-0.2, 0) is 0 Å². The Morgan fingerprint density at radius 3 is 3.18 bits per heavy atom. The minimum Gasteiger partial charge on any atom is -0.374 e. The Hall–Kier alpha value is -1.59. The lowest BCUT2D eigenvalue weighted by molar-refractivity contribution is -0.485. The van der Waals surface area contributed by atoms with Crippen LogP contribution >= 0.6 is 0 Å². The summed E-state index contributed by atoms with van der Waals surface area (Å²) < 4.78 is 0.